The fraction of sp³-hybridized carbons (Fsp3) is 0.190. The molecule has 1 amide bonds. The number of hydrogen-bond acceptors (Lipinski definition) is 5. The molecule has 2 aromatic heterocycles. The molecule has 3 N–H and O–H groups in total. The molecular weight excluding hydrogens is 424 g/mol. The third kappa shape index (κ3) is 5.89. The molecule has 0 spiro atoms. The van der Waals surface area contributed by atoms with Crippen LogP contribution in [-0.4, -0.2) is 48.9 Å². The first-order valence-electron chi connectivity index (χ1n) is 9.29. The Bertz CT molecular complexity index is 1100. The molecule has 0 radical (unpaired) electrons. The van der Waals surface area contributed by atoms with Crippen LogP contribution in [0.5, 0.6) is 0 Å². The minimum Gasteiger partial charge on any atom is -0.481 e. The van der Waals surface area contributed by atoms with E-state index in [2.05, 4.69) is 15.4 Å². The third-order valence-corrected chi connectivity index (χ3v) is 4.86. The second-order valence-corrected chi connectivity index (χ2v) is 7.20. The number of carbonyl (C=O) groups excluding carboxylic acids is 1. The second kappa shape index (κ2) is 9.86. The van der Waals surface area contributed by atoms with E-state index in [4.69, 9.17) is 11.6 Å². The summed E-state index contributed by atoms with van der Waals surface area (Å²) < 4.78 is 1.20. The summed E-state index contributed by atoms with van der Waals surface area (Å²) in [6.45, 7) is 0.135. The SMILES string of the molecule is O=C(O)CC(Cc1ccccc1Cl)NC(=O)c1cc(C(=O)O)n(Cc2ccncc2)n1. The number of aromatic carboxylic acids is 1. The Morgan fingerprint density at radius 3 is 2.45 bits per heavy atom. The summed E-state index contributed by atoms with van der Waals surface area (Å²) in [7, 11) is 0. The molecule has 0 fully saturated rings. The van der Waals surface area contributed by atoms with E-state index in [1.807, 2.05) is 0 Å². The fourth-order valence-electron chi connectivity index (χ4n) is 3.06. The molecule has 0 aliphatic rings. The summed E-state index contributed by atoms with van der Waals surface area (Å²) in [5.41, 5.74) is 1.16. The van der Waals surface area contributed by atoms with Gasteiger partial charge in [-0.2, -0.15) is 5.10 Å². The molecule has 1 unspecified atom stereocenters. The number of aliphatic carboxylic acids is 1. The Morgan fingerprint density at radius 2 is 1.81 bits per heavy atom. The van der Waals surface area contributed by atoms with E-state index in [-0.39, 0.29) is 30.8 Å². The zero-order valence-electron chi connectivity index (χ0n) is 16.2. The molecular formula is C21H19ClN4O5. The first-order valence-corrected chi connectivity index (χ1v) is 9.67. The van der Waals surface area contributed by atoms with Crippen molar-refractivity contribution in [3.05, 3.63) is 82.4 Å². The van der Waals surface area contributed by atoms with Gasteiger partial charge in [0.2, 0.25) is 0 Å². The molecule has 2 heterocycles. The van der Waals surface area contributed by atoms with Gasteiger partial charge in [-0.3, -0.25) is 19.3 Å². The minimum atomic E-state index is -1.24. The molecule has 0 saturated carbocycles. The number of hydrogen-bond donors (Lipinski definition) is 3. The van der Waals surface area contributed by atoms with Gasteiger partial charge in [0.05, 0.1) is 13.0 Å². The van der Waals surface area contributed by atoms with Crippen molar-refractivity contribution in [1.82, 2.24) is 20.1 Å². The molecule has 1 atom stereocenters. The standard InChI is InChI=1S/C21H19ClN4O5/c22-16-4-2-1-3-14(16)9-15(10-19(27)28)24-20(29)17-11-18(21(30)31)26(25-17)12-13-5-7-23-8-6-13/h1-8,11,15H,9-10,12H2,(H,24,29)(H,27,28)(H,30,31). The van der Waals surface area contributed by atoms with E-state index in [0.29, 0.717) is 10.6 Å². The molecule has 160 valence electrons. The molecule has 3 aromatic rings. The molecule has 3 rings (SSSR count). The molecule has 1 aromatic carbocycles. The monoisotopic (exact) mass is 442 g/mol. The number of carboxylic acid groups (broad SMARTS) is 2. The van der Waals surface area contributed by atoms with Crippen molar-refractivity contribution in [2.45, 2.75) is 25.4 Å². The molecule has 0 saturated heterocycles. The van der Waals surface area contributed by atoms with Crippen LogP contribution in [0.2, 0.25) is 5.02 Å². The van der Waals surface area contributed by atoms with Crippen molar-refractivity contribution < 1.29 is 24.6 Å². The number of aromatic nitrogens is 3. The van der Waals surface area contributed by atoms with E-state index in [0.717, 1.165) is 11.6 Å². The predicted molar refractivity (Wildman–Crippen MR) is 111 cm³/mol. The first kappa shape index (κ1) is 22.0. The summed E-state index contributed by atoms with van der Waals surface area (Å²) in [4.78, 5) is 39.5. The van der Waals surface area contributed by atoms with Gasteiger partial charge >= 0.3 is 11.9 Å². The van der Waals surface area contributed by atoms with Gasteiger partial charge in [-0.25, -0.2) is 4.79 Å². The van der Waals surface area contributed by atoms with Gasteiger partial charge in [-0.1, -0.05) is 29.8 Å². The summed E-state index contributed by atoms with van der Waals surface area (Å²) in [6, 6.07) is 10.8. The van der Waals surface area contributed by atoms with Crippen molar-refractivity contribution in [1.29, 1.82) is 0 Å². The molecule has 31 heavy (non-hydrogen) atoms. The molecule has 0 aliphatic heterocycles. The Labute approximate surface area is 182 Å². The van der Waals surface area contributed by atoms with Crippen molar-refractivity contribution in [2.75, 3.05) is 0 Å². The maximum Gasteiger partial charge on any atom is 0.354 e. The first-order chi connectivity index (χ1) is 14.8. The number of amides is 1. The van der Waals surface area contributed by atoms with E-state index >= 15 is 0 Å². The Morgan fingerprint density at radius 1 is 1.10 bits per heavy atom. The largest absolute Gasteiger partial charge is 0.481 e. The van der Waals surface area contributed by atoms with Crippen LogP contribution in [0.3, 0.4) is 0 Å². The number of nitrogens with zero attached hydrogens (tertiary/aromatic N) is 3. The zero-order valence-corrected chi connectivity index (χ0v) is 17.0. The highest BCUT2D eigenvalue weighted by Gasteiger charge is 2.23. The fourth-order valence-corrected chi connectivity index (χ4v) is 3.27. The zero-order chi connectivity index (χ0) is 22.4. The number of carbonyl (C=O) groups is 3. The van der Waals surface area contributed by atoms with E-state index in [1.54, 1.807) is 48.8 Å². The topological polar surface area (TPSA) is 134 Å². The lowest BCUT2D eigenvalue weighted by Crippen LogP contribution is -2.38. The number of pyridine rings is 1. The van der Waals surface area contributed by atoms with E-state index < -0.39 is 23.9 Å². The highest BCUT2D eigenvalue weighted by Crippen LogP contribution is 2.18. The number of halogens is 1. The maximum absolute atomic E-state index is 12.7. The van der Waals surface area contributed by atoms with Gasteiger partial charge in [0.1, 0.15) is 5.69 Å². The average Bonchev–Trinajstić information content (AvgIpc) is 3.14. The third-order valence-electron chi connectivity index (χ3n) is 4.49. The highest BCUT2D eigenvalue weighted by molar-refractivity contribution is 6.31. The number of rotatable bonds is 9. The van der Waals surface area contributed by atoms with Gasteiger partial charge in [-0.15, -0.1) is 0 Å². The lowest BCUT2D eigenvalue weighted by atomic mass is 10.0. The minimum absolute atomic E-state index is 0.124. The summed E-state index contributed by atoms with van der Waals surface area (Å²) in [6.07, 6.45) is 3.00. The normalized spacial score (nSPS) is 11.6. The summed E-state index contributed by atoms with van der Waals surface area (Å²) in [5.74, 6) is -3.00. The quantitative estimate of drug-likeness (QED) is 0.463. The van der Waals surface area contributed by atoms with Crippen LogP contribution in [0.15, 0.2) is 54.9 Å². The molecule has 10 heteroatoms. The summed E-state index contributed by atoms with van der Waals surface area (Å²) in [5, 5.41) is 25.9. The highest BCUT2D eigenvalue weighted by atomic mass is 35.5. The van der Waals surface area contributed by atoms with Crippen molar-refractivity contribution in [3.63, 3.8) is 0 Å². The van der Waals surface area contributed by atoms with Gasteiger partial charge < -0.3 is 15.5 Å². The van der Waals surface area contributed by atoms with Crippen LogP contribution in [0, 0.1) is 0 Å². The van der Waals surface area contributed by atoms with Crippen molar-refractivity contribution >= 4 is 29.4 Å². The Balaban J connectivity index is 1.81. The van der Waals surface area contributed by atoms with Crippen molar-refractivity contribution in [3.8, 4) is 0 Å². The smallest absolute Gasteiger partial charge is 0.354 e. The summed E-state index contributed by atoms with van der Waals surface area (Å²) >= 11 is 6.15. The lowest BCUT2D eigenvalue weighted by molar-refractivity contribution is -0.137. The number of benzene rings is 1. The lowest BCUT2D eigenvalue weighted by Gasteiger charge is -2.17. The van der Waals surface area contributed by atoms with Crippen LogP contribution in [0.4, 0.5) is 0 Å². The molecule has 9 nitrogen and oxygen atoms in total. The van der Waals surface area contributed by atoms with Crippen molar-refractivity contribution in [2.24, 2.45) is 0 Å². The van der Waals surface area contributed by atoms with Gasteiger partial charge in [0, 0.05) is 29.5 Å². The maximum atomic E-state index is 12.7. The number of nitrogens with one attached hydrogen (secondary N) is 1. The average molecular weight is 443 g/mol. The van der Waals surface area contributed by atoms with Gasteiger partial charge in [-0.05, 0) is 35.7 Å². The van der Waals surface area contributed by atoms with E-state index in [9.17, 15) is 24.6 Å². The Hall–Kier alpha value is -3.72. The van der Waals surface area contributed by atoms with Crippen LogP contribution < -0.4 is 5.32 Å². The molecule has 0 aliphatic carbocycles. The second-order valence-electron chi connectivity index (χ2n) is 6.80. The molecule has 0 bridgehead atoms. The number of carboxylic acids is 2. The van der Waals surface area contributed by atoms with Crippen LogP contribution >= 0.6 is 11.6 Å². The van der Waals surface area contributed by atoms with E-state index in [1.165, 1.54) is 4.68 Å². The van der Waals surface area contributed by atoms with Crippen LogP contribution in [-0.2, 0) is 17.8 Å². The van der Waals surface area contributed by atoms with Gasteiger partial charge in [0.15, 0.2) is 5.69 Å². The van der Waals surface area contributed by atoms with Crippen LogP contribution in [0.1, 0.15) is 38.5 Å². The Kier molecular flexibility index (Phi) is 6.99. The predicted octanol–water partition coefficient (Wildman–Crippen LogP) is 2.49. The van der Waals surface area contributed by atoms with Gasteiger partial charge in [0.25, 0.3) is 5.91 Å². The van der Waals surface area contributed by atoms with Crippen LogP contribution in [0.25, 0.3) is 0 Å².